The van der Waals surface area contributed by atoms with Gasteiger partial charge in [0.1, 0.15) is 5.82 Å². The predicted molar refractivity (Wildman–Crippen MR) is 43.1 cm³/mol. The Morgan fingerprint density at radius 3 is 2.60 bits per heavy atom. The molecule has 0 aliphatic rings. The molecule has 4 heteroatoms. The highest BCUT2D eigenvalue weighted by atomic mass is 35.5. The molecule has 0 atom stereocenters. The minimum Gasteiger partial charge on any atom is -0.398 e. The molecule has 2 N–H and O–H groups in total. The van der Waals surface area contributed by atoms with Gasteiger partial charge in [-0.1, -0.05) is 11.6 Å². The number of thiol groups is 1. The summed E-state index contributed by atoms with van der Waals surface area (Å²) in [5.41, 5.74) is 5.58. The fourth-order valence-corrected chi connectivity index (χ4v) is 0.928. The van der Waals surface area contributed by atoms with E-state index >= 15 is 0 Å². The molecular formula is C6H5ClFNS. The van der Waals surface area contributed by atoms with Crippen LogP contribution in [0.1, 0.15) is 0 Å². The van der Waals surface area contributed by atoms with Gasteiger partial charge in [-0.15, -0.1) is 12.6 Å². The Labute approximate surface area is 68.4 Å². The maximum Gasteiger partial charge on any atom is 0.126 e. The van der Waals surface area contributed by atoms with E-state index in [0.717, 1.165) is 0 Å². The lowest BCUT2D eigenvalue weighted by Gasteiger charge is -1.99. The van der Waals surface area contributed by atoms with E-state index in [1.807, 2.05) is 0 Å². The van der Waals surface area contributed by atoms with Crippen LogP contribution in [0.5, 0.6) is 0 Å². The molecule has 0 saturated heterocycles. The minimum atomic E-state index is -0.444. The van der Waals surface area contributed by atoms with Crippen molar-refractivity contribution in [1.29, 1.82) is 0 Å². The van der Waals surface area contributed by atoms with Gasteiger partial charge < -0.3 is 5.73 Å². The third-order valence-electron chi connectivity index (χ3n) is 1.06. The summed E-state index contributed by atoms with van der Waals surface area (Å²) in [7, 11) is 0. The van der Waals surface area contributed by atoms with Crippen molar-refractivity contribution in [2.24, 2.45) is 0 Å². The molecule has 54 valence electrons. The zero-order valence-corrected chi connectivity index (χ0v) is 6.59. The van der Waals surface area contributed by atoms with Crippen molar-refractivity contribution in [3.8, 4) is 0 Å². The quantitative estimate of drug-likeness (QED) is 0.462. The molecule has 0 unspecified atom stereocenters. The van der Waals surface area contributed by atoms with Crippen LogP contribution in [0.4, 0.5) is 10.1 Å². The van der Waals surface area contributed by atoms with E-state index < -0.39 is 5.82 Å². The molecule has 1 rings (SSSR count). The molecule has 0 saturated carbocycles. The molecule has 0 fully saturated rings. The lowest BCUT2D eigenvalue weighted by atomic mass is 10.3. The van der Waals surface area contributed by atoms with Gasteiger partial charge in [0.25, 0.3) is 0 Å². The number of nitrogens with two attached hydrogens (primary N) is 1. The Morgan fingerprint density at radius 1 is 1.50 bits per heavy atom. The molecule has 0 aliphatic heterocycles. The zero-order chi connectivity index (χ0) is 7.72. The lowest BCUT2D eigenvalue weighted by molar-refractivity contribution is 0.627. The summed E-state index contributed by atoms with van der Waals surface area (Å²) in [6.07, 6.45) is 0. The summed E-state index contributed by atoms with van der Waals surface area (Å²) >= 11 is 9.46. The number of rotatable bonds is 0. The predicted octanol–water partition coefficient (Wildman–Crippen LogP) is 2.35. The first-order valence-electron chi connectivity index (χ1n) is 2.54. The van der Waals surface area contributed by atoms with Gasteiger partial charge in [0.05, 0.1) is 5.02 Å². The topological polar surface area (TPSA) is 26.0 Å². The van der Waals surface area contributed by atoms with Crippen LogP contribution < -0.4 is 5.73 Å². The van der Waals surface area contributed by atoms with Crippen LogP contribution in [0.3, 0.4) is 0 Å². The molecule has 0 amide bonds. The van der Waals surface area contributed by atoms with Crippen molar-refractivity contribution in [2.75, 3.05) is 5.73 Å². The molecule has 0 heterocycles. The highest BCUT2D eigenvalue weighted by molar-refractivity contribution is 7.80. The summed E-state index contributed by atoms with van der Waals surface area (Å²) in [5.74, 6) is -0.444. The number of nitrogen functional groups attached to an aromatic ring is 1. The average molecular weight is 178 g/mol. The van der Waals surface area contributed by atoms with Crippen molar-refractivity contribution >= 4 is 29.9 Å². The van der Waals surface area contributed by atoms with Gasteiger partial charge >= 0.3 is 0 Å². The van der Waals surface area contributed by atoms with E-state index in [1.165, 1.54) is 12.1 Å². The maximum atomic E-state index is 12.4. The summed E-state index contributed by atoms with van der Waals surface area (Å²) in [6, 6.07) is 2.34. The van der Waals surface area contributed by atoms with Gasteiger partial charge in [0, 0.05) is 10.6 Å². The first-order valence-corrected chi connectivity index (χ1v) is 3.37. The third kappa shape index (κ3) is 1.36. The number of halogens is 2. The largest absolute Gasteiger partial charge is 0.398 e. The number of benzene rings is 1. The van der Waals surface area contributed by atoms with Crippen LogP contribution in [-0.2, 0) is 0 Å². The standard InChI is InChI=1S/C6H5ClFNS/c7-4-1-3(8)2-5(9)6(4)10/h1-2,10H,9H2. The van der Waals surface area contributed by atoms with Crippen LogP contribution in [0, 0.1) is 5.82 Å². The maximum absolute atomic E-state index is 12.4. The van der Waals surface area contributed by atoms with Crippen molar-refractivity contribution in [2.45, 2.75) is 4.90 Å². The minimum absolute atomic E-state index is 0.237. The van der Waals surface area contributed by atoms with E-state index in [4.69, 9.17) is 17.3 Å². The Hall–Kier alpha value is -0.410. The summed E-state index contributed by atoms with van der Waals surface area (Å²) in [5, 5.41) is 0.237. The van der Waals surface area contributed by atoms with E-state index in [1.54, 1.807) is 0 Å². The fourth-order valence-electron chi connectivity index (χ4n) is 0.586. The molecule has 0 aliphatic carbocycles. The number of hydrogen-bond acceptors (Lipinski definition) is 2. The van der Waals surface area contributed by atoms with Crippen molar-refractivity contribution in [3.05, 3.63) is 23.0 Å². The van der Waals surface area contributed by atoms with Crippen LogP contribution in [-0.4, -0.2) is 0 Å². The van der Waals surface area contributed by atoms with Crippen LogP contribution in [0.25, 0.3) is 0 Å². The van der Waals surface area contributed by atoms with E-state index in [9.17, 15) is 4.39 Å². The first kappa shape index (κ1) is 7.69. The van der Waals surface area contributed by atoms with Gasteiger partial charge in [-0.2, -0.15) is 0 Å². The average Bonchev–Trinajstić information content (AvgIpc) is 1.82. The van der Waals surface area contributed by atoms with Gasteiger partial charge in [0.2, 0.25) is 0 Å². The van der Waals surface area contributed by atoms with Gasteiger partial charge in [-0.3, -0.25) is 0 Å². The fraction of sp³-hybridized carbons (Fsp3) is 0. The van der Waals surface area contributed by atoms with E-state index in [0.29, 0.717) is 4.90 Å². The highest BCUT2D eigenvalue weighted by Gasteiger charge is 2.01. The van der Waals surface area contributed by atoms with Gasteiger partial charge in [-0.05, 0) is 12.1 Å². The Balaban J connectivity index is 3.31. The van der Waals surface area contributed by atoms with E-state index in [-0.39, 0.29) is 10.7 Å². The Kier molecular flexibility index (Phi) is 2.06. The van der Waals surface area contributed by atoms with Gasteiger partial charge in [-0.25, -0.2) is 4.39 Å². The molecule has 0 bridgehead atoms. The van der Waals surface area contributed by atoms with E-state index in [2.05, 4.69) is 12.6 Å². The second-order valence-corrected chi connectivity index (χ2v) is 2.68. The molecule has 1 nitrogen and oxygen atoms in total. The van der Waals surface area contributed by atoms with Crippen LogP contribution in [0.15, 0.2) is 17.0 Å². The molecule has 10 heavy (non-hydrogen) atoms. The molecule has 0 aromatic heterocycles. The first-order chi connectivity index (χ1) is 4.61. The Morgan fingerprint density at radius 2 is 2.10 bits per heavy atom. The molecule has 0 radical (unpaired) electrons. The van der Waals surface area contributed by atoms with Gasteiger partial charge in [0.15, 0.2) is 0 Å². The SMILES string of the molecule is Nc1cc(F)cc(Cl)c1S. The number of hydrogen-bond donors (Lipinski definition) is 2. The normalized spacial score (nSPS) is 9.90. The molecule has 0 spiro atoms. The Bertz CT molecular complexity index is 241. The van der Waals surface area contributed by atoms with Crippen LogP contribution >= 0.6 is 24.2 Å². The summed E-state index contributed by atoms with van der Waals surface area (Å²) in [4.78, 5) is 0.420. The third-order valence-corrected chi connectivity index (χ3v) is 1.99. The number of anilines is 1. The summed E-state index contributed by atoms with van der Waals surface area (Å²) < 4.78 is 12.4. The zero-order valence-electron chi connectivity index (χ0n) is 4.94. The van der Waals surface area contributed by atoms with Crippen LogP contribution in [0.2, 0.25) is 5.02 Å². The smallest absolute Gasteiger partial charge is 0.126 e. The lowest BCUT2D eigenvalue weighted by Crippen LogP contribution is -1.88. The monoisotopic (exact) mass is 177 g/mol. The molecule has 1 aromatic carbocycles. The summed E-state index contributed by atoms with van der Waals surface area (Å²) in [6.45, 7) is 0. The van der Waals surface area contributed by atoms with Crippen molar-refractivity contribution < 1.29 is 4.39 Å². The van der Waals surface area contributed by atoms with Crippen molar-refractivity contribution in [1.82, 2.24) is 0 Å². The highest BCUT2D eigenvalue weighted by Crippen LogP contribution is 2.26. The van der Waals surface area contributed by atoms with Crippen molar-refractivity contribution in [3.63, 3.8) is 0 Å². The molecular weight excluding hydrogens is 173 g/mol. The second kappa shape index (κ2) is 2.68. The second-order valence-electron chi connectivity index (χ2n) is 1.83. The molecule has 1 aromatic rings.